The van der Waals surface area contributed by atoms with E-state index in [0.29, 0.717) is 24.1 Å². The van der Waals surface area contributed by atoms with Gasteiger partial charge in [0.15, 0.2) is 20.2 Å². The number of quaternary nitrogens is 1. The van der Waals surface area contributed by atoms with Gasteiger partial charge >= 0.3 is 19.8 Å². The van der Waals surface area contributed by atoms with Crippen LogP contribution in [0.1, 0.15) is 183 Å². The van der Waals surface area contributed by atoms with E-state index < -0.39 is 40.6 Å². The number of rotatable bonds is 37. The van der Waals surface area contributed by atoms with E-state index in [1.54, 1.807) is 0 Å². The maximum atomic E-state index is 12.9. The molecule has 0 saturated carbocycles. The summed E-state index contributed by atoms with van der Waals surface area (Å²) in [6.45, 7) is 17.9. The average Bonchev–Trinajstić information content (AvgIpc) is 3.50. The first-order valence-corrected chi connectivity index (χ1v) is 28.4. The zero-order valence-electron chi connectivity index (χ0n) is 40.9. The van der Waals surface area contributed by atoms with Crippen LogP contribution in [0.4, 0.5) is 0 Å². The maximum absolute atomic E-state index is 12.9. The normalized spacial score (nSPS) is 18.0. The zero-order chi connectivity index (χ0) is 45.8. The van der Waals surface area contributed by atoms with Gasteiger partial charge in [-0.25, -0.2) is 4.57 Å². The van der Waals surface area contributed by atoms with Gasteiger partial charge in [0.1, 0.15) is 25.9 Å². The fourth-order valence-electron chi connectivity index (χ4n) is 6.73. The van der Waals surface area contributed by atoms with Crippen LogP contribution in [-0.2, 0) is 46.6 Å². The molecule has 4 atom stereocenters. The van der Waals surface area contributed by atoms with Gasteiger partial charge in [0.05, 0.1) is 34.4 Å². The monoisotopic (exact) mass is 907 g/mol. The second-order valence-electron chi connectivity index (χ2n) is 20.2. The first-order valence-electron chi connectivity index (χ1n) is 24.0. The van der Waals surface area contributed by atoms with Crippen molar-refractivity contribution in [3.05, 3.63) is 12.2 Å². The molecule has 1 saturated heterocycles. The molecule has 0 aromatic rings. The molecule has 1 N–H and O–H groups in total. The number of phosphoric ester groups is 1. The highest BCUT2D eigenvalue weighted by atomic mass is 31.2. The summed E-state index contributed by atoms with van der Waals surface area (Å²) in [7, 11) is -0.533. The Bertz CT molecular complexity index is 1250. The van der Waals surface area contributed by atoms with Gasteiger partial charge < -0.3 is 32.7 Å². The van der Waals surface area contributed by atoms with Crippen molar-refractivity contribution in [2.24, 2.45) is 0 Å². The topological polar surface area (TPSA) is 136 Å². The van der Waals surface area contributed by atoms with Crippen LogP contribution in [0.3, 0.4) is 0 Å². The number of hydrogen-bond acceptors (Lipinski definition) is 10. The smallest absolute Gasteiger partial charge is 0.462 e. The Hall–Kier alpha value is -1.15. The predicted molar refractivity (Wildman–Crippen MR) is 249 cm³/mol. The van der Waals surface area contributed by atoms with E-state index in [0.717, 1.165) is 57.8 Å². The van der Waals surface area contributed by atoms with Crippen LogP contribution in [0.15, 0.2) is 12.2 Å². The van der Waals surface area contributed by atoms with Gasteiger partial charge in [-0.3, -0.25) is 18.6 Å². The molecule has 14 heteroatoms. The molecule has 61 heavy (non-hydrogen) atoms. The second kappa shape index (κ2) is 30.9. The summed E-state index contributed by atoms with van der Waals surface area (Å²) in [5, 5.41) is 0.117. The van der Waals surface area contributed by atoms with Crippen molar-refractivity contribution in [3.8, 4) is 0 Å². The molecule has 360 valence electrons. The highest BCUT2D eigenvalue weighted by molar-refractivity contribution is 7.47. The Morgan fingerprint density at radius 3 is 1.84 bits per heavy atom. The number of hydrogen-bond donors (Lipinski definition) is 1. The quantitative estimate of drug-likeness (QED) is 0.0159. The van der Waals surface area contributed by atoms with Crippen LogP contribution in [-0.4, -0.2) is 108 Å². The van der Waals surface area contributed by atoms with E-state index in [-0.39, 0.29) is 49.3 Å². The molecule has 1 heterocycles. The van der Waals surface area contributed by atoms with Crippen LogP contribution in [0.5, 0.6) is 0 Å². The van der Waals surface area contributed by atoms with Crippen molar-refractivity contribution in [2.45, 2.75) is 225 Å². The number of carbonyl (C=O) groups excluding carboxylic acids is 2. The third-order valence-electron chi connectivity index (χ3n) is 11.6. The summed E-state index contributed by atoms with van der Waals surface area (Å²) in [5.41, 5.74) is 0. The van der Waals surface area contributed by atoms with Gasteiger partial charge in [-0.05, 0) is 57.7 Å². The minimum atomic E-state index is -4.41. The Morgan fingerprint density at radius 2 is 1.33 bits per heavy atom. The average molecular weight is 907 g/mol. The fraction of sp³-hybridized carbons (Fsp3) is 0.915. The molecule has 1 rings (SSSR count). The predicted octanol–water partition coefficient (Wildman–Crippen LogP) is 12.0. The molecule has 1 aliphatic heterocycles. The molecule has 0 aliphatic carbocycles. The number of esters is 2. The number of likely N-dealkylation sites (N-methyl/N-ethyl adjacent to an activating group) is 1. The fourth-order valence-corrected chi connectivity index (χ4v) is 8.88. The van der Waals surface area contributed by atoms with E-state index in [9.17, 15) is 19.0 Å². The number of nitrogens with zero attached hydrogens (tertiary/aromatic N) is 1. The van der Waals surface area contributed by atoms with Crippen molar-refractivity contribution < 1.29 is 56.0 Å². The van der Waals surface area contributed by atoms with Gasteiger partial charge in [-0.15, -0.1) is 0 Å². The standard InChI is InChI=1S/C47H92NO11PSi/c1-12-13-14-15-16-17-18-19-20-21-22-25-28-34-44(49)53-38-43(40-56-60(51,52)55-37-36-48(7,8)9)57-45(50)35-29-26-23-24-27-31-41(59-61(10,11)46(2,3)4)32-30-33-42-39-54-47(5,6)58-42/h30,33,41-43H,12-29,31-32,34-40H2,1-11H3/p+1/b33-30-. The third kappa shape index (κ3) is 31.4. The first-order chi connectivity index (χ1) is 28.5. The lowest BCUT2D eigenvalue weighted by atomic mass is 10.0. The lowest BCUT2D eigenvalue weighted by Crippen LogP contribution is -2.43. The van der Waals surface area contributed by atoms with E-state index in [1.165, 1.54) is 64.2 Å². The van der Waals surface area contributed by atoms with E-state index in [1.807, 2.05) is 35.0 Å². The van der Waals surface area contributed by atoms with Gasteiger partial charge in [0, 0.05) is 18.9 Å². The van der Waals surface area contributed by atoms with Crippen LogP contribution in [0.25, 0.3) is 0 Å². The van der Waals surface area contributed by atoms with Gasteiger partial charge in [0.2, 0.25) is 0 Å². The van der Waals surface area contributed by atoms with Crippen LogP contribution in [0.2, 0.25) is 18.1 Å². The molecular formula is C47H93NO11PSi+. The van der Waals surface area contributed by atoms with Crippen molar-refractivity contribution in [1.82, 2.24) is 0 Å². The molecular weight excluding hydrogens is 814 g/mol. The lowest BCUT2D eigenvalue weighted by molar-refractivity contribution is -0.870. The van der Waals surface area contributed by atoms with Crippen LogP contribution in [0, 0.1) is 0 Å². The molecule has 1 fully saturated rings. The summed E-state index contributed by atoms with van der Waals surface area (Å²) in [6, 6.07) is 0. The van der Waals surface area contributed by atoms with Crippen molar-refractivity contribution in [1.29, 1.82) is 0 Å². The van der Waals surface area contributed by atoms with Crippen LogP contribution >= 0.6 is 7.82 Å². The van der Waals surface area contributed by atoms with Gasteiger partial charge in [0.25, 0.3) is 0 Å². The molecule has 0 amide bonds. The molecule has 4 unspecified atom stereocenters. The largest absolute Gasteiger partial charge is 0.472 e. The summed E-state index contributed by atoms with van der Waals surface area (Å²) in [5.74, 6) is -1.40. The summed E-state index contributed by atoms with van der Waals surface area (Å²) >= 11 is 0. The Labute approximate surface area is 374 Å². The number of unbranched alkanes of at least 4 members (excludes halogenated alkanes) is 16. The first kappa shape index (κ1) is 57.9. The van der Waals surface area contributed by atoms with Gasteiger partial charge in [-0.1, -0.05) is 143 Å². The lowest BCUT2D eigenvalue weighted by Gasteiger charge is -2.39. The molecule has 0 spiro atoms. The van der Waals surface area contributed by atoms with E-state index in [2.05, 4.69) is 52.9 Å². The number of ether oxygens (including phenoxy) is 4. The SMILES string of the molecule is CCCCCCCCCCCCCCCC(=O)OCC(COP(=O)(O)OCC[N+](C)(C)C)OC(=O)CCCCCCCC(C/C=C\C1COC(C)(C)O1)O[Si](C)(C)C(C)(C)C. The second-order valence-corrected chi connectivity index (χ2v) is 26.4. The highest BCUT2D eigenvalue weighted by Crippen LogP contribution is 2.43. The summed E-state index contributed by atoms with van der Waals surface area (Å²) in [4.78, 5) is 35.8. The van der Waals surface area contributed by atoms with Crippen molar-refractivity contribution >= 4 is 28.1 Å². The van der Waals surface area contributed by atoms with Gasteiger partial charge in [-0.2, -0.15) is 0 Å². The van der Waals surface area contributed by atoms with Crippen LogP contribution < -0.4 is 0 Å². The third-order valence-corrected chi connectivity index (χ3v) is 17.1. The molecule has 0 bridgehead atoms. The molecule has 12 nitrogen and oxygen atoms in total. The molecule has 0 radical (unpaired) electrons. The highest BCUT2D eigenvalue weighted by Gasteiger charge is 2.39. The van der Waals surface area contributed by atoms with Crippen molar-refractivity contribution in [3.63, 3.8) is 0 Å². The molecule has 1 aliphatic rings. The number of carbonyl (C=O) groups is 2. The minimum Gasteiger partial charge on any atom is -0.462 e. The Kier molecular flexibility index (Phi) is 29.3. The van der Waals surface area contributed by atoms with E-state index in [4.69, 9.17) is 32.4 Å². The minimum absolute atomic E-state index is 0.0154. The van der Waals surface area contributed by atoms with E-state index >= 15 is 0 Å². The summed E-state index contributed by atoms with van der Waals surface area (Å²) in [6.07, 6.45) is 25.9. The Morgan fingerprint density at radius 1 is 0.803 bits per heavy atom. The Balaban J connectivity index is 2.53. The number of phosphoric acid groups is 1. The maximum Gasteiger partial charge on any atom is 0.472 e. The summed E-state index contributed by atoms with van der Waals surface area (Å²) < 4.78 is 53.1. The zero-order valence-corrected chi connectivity index (χ0v) is 42.8. The molecule has 0 aromatic carbocycles. The molecule has 0 aromatic heterocycles. The van der Waals surface area contributed by atoms with Crippen molar-refractivity contribution in [2.75, 3.05) is 54.1 Å².